The first-order valence-electron chi connectivity index (χ1n) is 10.5. The summed E-state index contributed by atoms with van der Waals surface area (Å²) in [5.74, 6) is -0.0765. The molecular weight excluding hydrogens is 378 g/mol. The molecule has 156 valence electrons. The van der Waals surface area contributed by atoms with Crippen molar-refractivity contribution in [3.05, 3.63) is 74.9 Å². The van der Waals surface area contributed by atoms with Crippen LogP contribution in [0.25, 0.3) is 11.0 Å². The summed E-state index contributed by atoms with van der Waals surface area (Å²) in [6, 6.07) is 6.96. The molecule has 1 atom stereocenters. The Bertz CT molecular complexity index is 1150. The van der Waals surface area contributed by atoms with Gasteiger partial charge in [-0.25, -0.2) is 0 Å². The van der Waals surface area contributed by atoms with E-state index in [4.69, 9.17) is 4.42 Å². The van der Waals surface area contributed by atoms with Gasteiger partial charge in [0.05, 0.1) is 17.0 Å². The first kappa shape index (κ1) is 20.3. The van der Waals surface area contributed by atoms with Gasteiger partial charge in [-0.15, -0.1) is 0 Å². The van der Waals surface area contributed by atoms with E-state index in [9.17, 15) is 9.59 Å². The predicted octanol–water partition coefficient (Wildman–Crippen LogP) is 3.69. The molecule has 6 heteroatoms. The van der Waals surface area contributed by atoms with Crippen molar-refractivity contribution < 1.29 is 9.21 Å². The Hall–Kier alpha value is -2.99. The number of carbonyl (C=O) groups excluding carboxylic acids is 1. The van der Waals surface area contributed by atoms with E-state index in [2.05, 4.69) is 23.7 Å². The van der Waals surface area contributed by atoms with Gasteiger partial charge in [0.25, 0.3) is 5.91 Å². The minimum atomic E-state index is -0.487. The summed E-state index contributed by atoms with van der Waals surface area (Å²) in [6.07, 6.45) is 3.41. The van der Waals surface area contributed by atoms with Gasteiger partial charge in [-0.2, -0.15) is 0 Å². The lowest BCUT2D eigenvalue weighted by atomic mass is 9.98. The fourth-order valence-electron chi connectivity index (χ4n) is 4.18. The van der Waals surface area contributed by atoms with Crippen LogP contribution >= 0.6 is 0 Å². The molecule has 2 aromatic heterocycles. The molecule has 4 rings (SSSR count). The summed E-state index contributed by atoms with van der Waals surface area (Å²) in [7, 11) is 0. The van der Waals surface area contributed by atoms with Gasteiger partial charge in [0.2, 0.25) is 5.76 Å². The normalized spacial score (nSPS) is 16.0. The maximum atomic E-state index is 13.5. The van der Waals surface area contributed by atoms with E-state index < -0.39 is 6.04 Å². The third-order valence-corrected chi connectivity index (χ3v) is 6.13. The standard InChI is InChI=1S/C24H27N3O3/c1-5-26(6-2)10-11-27-21(17-8-7-9-25-14-17)20-22(28)18-12-15(3)16(4)13-19(18)30-23(20)24(27)29/h7-9,12-14,21H,5-6,10-11H2,1-4H3/t21-/m1/s1. The van der Waals surface area contributed by atoms with Gasteiger partial charge < -0.3 is 14.2 Å². The highest BCUT2D eigenvalue weighted by Gasteiger charge is 2.42. The van der Waals surface area contributed by atoms with Crippen molar-refractivity contribution in [1.82, 2.24) is 14.8 Å². The molecule has 1 aromatic carbocycles. The third kappa shape index (κ3) is 3.31. The molecule has 1 aliphatic heterocycles. The molecular formula is C24H27N3O3. The van der Waals surface area contributed by atoms with Crippen LogP contribution in [-0.2, 0) is 0 Å². The van der Waals surface area contributed by atoms with E-state index in [0.717, 1.165) is 36.3 Å². The smallest absolute Gasteiger partial charge is 0.290 e. The van der Waals surface area contributed by atoms with Crippen molar-refractivity contribution in [2.45, 2.75) is 33.7 Å². The number of benzene rings is 1. The molecule has 3 aromatic rings. The Kier molecular flexibility index (Phi) is 5.43. The molecule has 0 aliphatic carbocycles. The summed E-state index contributed by atoms with van der Waals surface area (Å²) in [6.45, 7) is 11.2. The molecule has 0 radical (unpaired) electrons. The minimum Gasteiger partial charge on any atom is -0.450 e. The molecule has 0 bridgehead atoms. The number of amides is 1. The van der Waals surface area contributed by atoms with E-state index in [1.807, 2.05) is 38.1 Å². The molecule has 30 heavy (non-hydrogen) atoms. The van der Waals surface area contributed by atoms with Crippen LogP contribution < -0.4 is 5.43 Å². The van der Waals surface area contributed by atoms with E-state index in [-0.39, 0.29) is 17.1 Å². The van der Waals surface area contributed by atoms with E-state index >= 15 is 0 Å². The second-order valence-electron chi connectivity index (χ2n) is 7.82. The van der Waals surface area contributed by atoms with Gasteiger partial charge in [-0.1, -0.05) is 19.9 Å². The van der Waals surface area contributed by atoms with Crippen LogP contribution in [0, 0.1) is 13.8 Å². The van der Waals surface area contributed by atoms with Gasteiger partial charge in [0.1, 0.15) is 5.58 Å². The molecule has 0 fully saturated rings. The lowest BCUT2D eigenvalue weighted by molar-refractivity contribution is 0.0708. The van der Waals surface area contributed by atoms with Crippen LogP contribution in [0.4, 0.5) is 0 Å². The summed E-state index contributed by atoms with van der Waals surface area (Å²) < 4.78 is 6.05. The highest BCUT2D eigenvalue weighted by atomic mass is 16.3. The van der Waals surface area contributed by atoms with Crippen LogP contribution in [0.15, 0.2) is 45.9 Å². The largest absolute Gasteiger partial charge is 0.450 e. The quantitative estimate of drug-likeness (QED) is 0.626. The zero-order chi connectivity index (χ0) is 21.4. The van der Waals surface area contributed by atoms with Crippen LogP contribution in [0.3, 0.4) is 0 Å². The zero-order valence-electron chi connectivity index (χ0n) is 17.9. The van der Waals surface area contributed by atoms with Gasteiger partial charge in [0, 0.05) is 25.5 Å². The van der Waals surface area contributed by atoms with Crippen molar-refractivity contribution in [3.63, 3.8) is 0 Å². The van der Waals surface area contributed by atoms with Crippen LogP contribution in [-0.4, -0.2) is 46.9 Å². The van der Waals surface area contributed by atoms with Crippen molar-refractivity contribution in [2.75, 3.05) is 26.2 Å². The number of aryl methyl sites for hydroxylation is 2. The van der Waals surface area contributed by atoms with Crippen molar-refractivity contribution >= 4 is 16.9 Å². The highest BCUT2D eigenvalue weighted by molar-refractivity contribution is 5.99. The number of hydrogen-bond acceptors (Lipinski definition) is 5. The molecule has 1 aliphatic rings. The molecule has 6 nitrogen and oxygen atoms in total. The monoisotopic (exact) mass is 405 g/mol. The number of likely N-dealkylation sites (N-methyl/N-ethyl adjacent to an activating group) is 1. The number of hydrogen-bond donors (Lipinski definition) is 0. The molecule has 0 unspecified atom stereocenters. The van der Waals surface area contributed by atoms with Gasteiger partial charge in [-0.3, -0.25) is 14.6 Å². The lowest BCUT2D eigenvalue weighted by Gasteiger charge is -2.27. The van der Waals surface area contributed by atoms with Gasteiger partial charge in [0.15, 0.2) is 5.43 Å². The van der Waals surface area contributed by atoms with E-state index in [1.54, 1.807) is 17.3 Å². The van der Waals surface area contributed by atoms with Crippen LogP contribution in [0.5, 0.6) is 0 Å². The lowest BCUT2D eigenvalue weighted by Crippen LogP contribution is -2.37. The van der Waals surface area contributed by atoms with Crippen molar-refractivity contribution in [2.24, 2.45) is 0 Å². The van der Waals surface area contributed by atoms with Crippen LogP contribution in [0.1, 0.15) is 52.7 Å². The van der Waals surface area contributed by atoms with Gasteiger partial charge in [-0.05, 0) is 61.8 Å². The number of carbonyl (C=O) groups is 1. The minimum absolute atomic E-state index is 0.137. The summed E-state index contributed by atoms with van der Waals surface area (Å²) in [5, 5.41) is 0.518. The van der Waals surface area contributed by atoms with Crippen LogP contribution in [0.2, 0.25) is 0 Å². The Morgan fingerprint density at radius 3 is 2.53 bits per heavy atom. The molecule has 0 N–H and O–H groups in total. The average Bonchev–Trinajstić information content (AvgIpc) is 3.03. The maximum Gasteiger partial charge on any atom is 0.290 e. The Balaban J connectivity index is 1.89. The number of rotatable bonds is 6. The molecule has 0 saturated heterocycles. The zero-order valence-corrected chi connectivity index (χ0v) is 17.9. The molecule has 0 spiro atoms. The summed E-state index contributed by atoms with van der Waals surface area (Å²) in [5.41, 5.74) is 3.61. The SMILES string of the molecule is CCN(CC)CCN1C(=O)c2oc3cc(C)c(C)cc3c(=O)c2[C@H]1c1cccnc1. The second-order valence-corrected chi connectivity index (χ2v) is 7.82. The summed E-state index contributed by atoms with van der Waals surface area (Å²) in [4.78, 5) is 35.1. The molecule has 1 amide bonds. The number of fused-ring (bicyclic) bond motifs is 2. The molecule has 0 saturated carbocycles. The second kappa shape index (κ2) is 8.03. The maximum absolute atomic E-state index is 13.5. The Morgan fingerprint density at radius 1 is 1.13 bits per heavy atom. The van der Waals surface area contributed by atoms with E-state index in [1.165, 1.54) is 0 Å². The fourth-order valence-corrected chi connectivity index (χ4v) is 4.18. The summed E-state index contributed by atoms with van der Waals surface area (Å²) >= 11 is 0. The number of aromatic nitrogens is 1. The highest BCUT2D eigenvalue weighted by Crippen LogP contribution is 2.37. The first-order valence-corrected chi connectivity index (χ1v) is 10.5. The number of nitrogens with zero attached hydrogens (tertiary/aromatic N) is 3. The number of pyridine rings is 1. The van der Waals surface area contributed by atoms with Crippen molar-refractivity contribution in [1.29, 1.82) is 0 Å². The predicted molar refractivity (Wildman–Crippen MR) is 117 cm³/mol. The third-order valence-electron chi connectivity index (χ3n) is 6.13. The van der Waals surface area contributed by atoms with E-state index in [0.29, 0.717) is 23.1 Å². The fraction of sp³-hybridized carbons (Fsp3) is 0.375. The topological polar surface area (TPSA) is 66.7 Å². The average molecular weight is 405 g/mol. The first-order chi connectivity index (χ1) is 14.5. The Morgan fingerprint density at radius 2 is 1.87 bits per heavy atom. The molecule has 3 heterocycles. The van der Waals surface area contributed by atoms with Gasteiger partial charge >= 0.3 is 0 Å². The Labute approximate surface area is 176 Å². The van der Waals surface area contributed by atoms with Crippen molar-refractivity contribution in [3.8, 4) is 0 Å².